The van der Waals surface area contributed by atoms with E-state index in [1.807, 2.05) is 0 Å². The number of amides is 1. The molecule has 0 bridgehead atoms. The number of benzene rings is 1. The molecule has 2 unspecified atom stereocenters. The number of carbonyl (C=O) groups excluding carboxylic acids is 1. The quantitative estimate of drug-likeness (QED) is 0.828. The number of nitrogens with one attached hydrogen (secondary N) is 1. The van der Waals surface area contributed by atoms with E-state index in [4.69, 9.17) is 16.3 Å². The third-order valence-corrected chi connectivity index (χ3v) is 2.58. The maximum Gasteiger partial charge on any atom is 0.407 e. The summed E-state index contributed by atoms with van der Waals surface area (Å²) in [5.41, 5.74) is 0.254. The van der Waals surface area contributed by atoms with Crippen LogP contribution < -0.4 is 5.32 Å². The van der Waals surface area contributed by atoms with Crippen molar-refractivity contribution >= 4 is 17.7 Å². The first-order valence-corrected chi connectivity index (χ1v) is 4.99. The fourth-order valence-corrected chi connectivity index (χ4v) is 1.60. The largest absolute Gasteiger partial charge is 0.438 e. The Morgan fingerprint density at radius 1 is 1.50 bits per heavy atom. The summed E-state index contributed by atoms with van der Waals surface area (Å²) >= 11 is 5.50. The smallest absolute Gasteiger partial charge is 0.407 e. The molecule has 2 atom stereocenters. The average molecular weight is 248 g/mol. The van der Waals surface area contributed by atoms with Crippen LogP contribution in [0.4, 0.5) is 13.6 Å². The molecule has 16 heavy (non-hydrogen) atoms. The lowest BCUT2D eigenvalue weighted by molar-refractivity contribution is 0.0192. The lowest BCUT2D eigenvalue weighted by Crippen LogP contribution is -2.42. The Kier molecular flexibility index (Phi) is 2.96. The van der Waals surface area contributed by atoms with Crippen LogP contribution in [-0.4, -0.2) is 18.8 Å². The molecule has 3 nitrogen and oxygen atoms in total. The highest BCUT2D eigenvalue weighted by Gasteiger charge is 2.32. The van der Waals surface area contributed by atoms with Crippen molar-refractivity contribution in [2.45, 2.75) is 12.3 Å². The predicted octanol–water partition coefficient (Wildman–Crippen LogP) is 2.60. The van der Waals surface area contributed by atoms with Crippen LogP contribution in [0, 0.1) is 5.82 Å². The lowest BCUT2D eigenvalue weighted by atomic mass is 10.0. The van der Waals surface area contributed by atoms with Crippen molar-refractivity contribution in [3.05, 3.63) is 34.6 Å². The minimum absolute atomic E-state index is 0.0561. The third kappa shape index (κ3) is 2.09. The first-order valence-electron chi connectivity index (χ1n) is 4.61. The molecule has 0 aromatic heterocycles. The van der Waals surface area contributed by atoms with Gasteiger partial charge < -0.3 is 10.1 Å². The van der Waals surface area contributed by atoms with Gasteiger partial charge in [-0.3, -0.25) is 0 Å². The van der Waals surface area contributed by atoms with E-state index in [0.29, 0.717) is 0 Å². The Hall–Kier alpha value is -1.36. The number of hydrogen-bond donors (Lipinski definition) is 1. The van der Waals surface area contributed by atoms with E-state index in [-0.39, 0.29) is 17.1 Å². The summed E-state index contributed by atoms with van der Waals surface area (Å²) < 4.78 is 31.3. The van der Waals surface area contributed by atoms with Gasteiger partial charge in [0.1, 0.15) is 5.82 Å². The van der Waals surface area contributed by atoms with Crippen LogP contribution in [-0.2, 0) is 4.74 Å². The summed E-state index contributed by atoms with van der Waals surface area (Å²) in [5, 5.41) is 2.15. The van der Waals surface area contributed by atoms with Crippen molar-refractivity contribution in [1.29, 1.82) is 0 Å². The molecule has 0 spiro atoms. The second-order valence-electron chi connectivity index (χ2n) is 3.40. The number of halogens is 3. The maximum atomic E-state index is 13.4. The Balaban J connectivity index is 2.28. The molecule has 1 aromatic carbocycles. The van der Waals surface area contributed by atoms with Gasteiger partial charge in [0.25, 0.3) is 0 Å². The van der Waals surface area contributed by atoms with E-state index in [1.165, 1.54) is 12.1 Å². The van der Waals surface area contributed by atoms with Gasteiger partial charge in [0.05, 0.1) is 11.6 Å². The van der Waals surface area contributed by atoms with Gasteiger partial charge in [0.2, 0.25) is 0 Å². The minimum atomic E-state index is -1.40. The Labute approximate surface area is 95.3 Å². The zero-order valence-electron chi connectivity index (χ0n) is 8.04. The monoisotopic (exact) mass is 247 g/mol. The molecular weight excluding hydrogens is 240 g/mol. The molecule has 6 heteroatoms. The number of hydrogen-bond acceptors (Lipinski definition) is 2. The van der Waals surface area contributed by atoms with E-state index < -0.39 is 24.2 Å². The van der Waals surface area contributed by atoms with Crippen molar-refractivity contribution in [3.63, 3.8) is 0 Å². The molecule has 86 valence electrons. The van der Waals surface area contributed by atoms with E-state index in [1.54, 1.807) is 0 Å². The fourth-order valence-electron chi connectivity index (χ4n) is 1.48. The molecule has 1 aromatic rings. The van der Waals surface area contributed by atoms with E-state index in [9.17, 15) is 13.6 Å². The summed E-state index contributed by atoms with van der Waals surface area (Å²) in [4.78, 5) is 10.9. The SMILES string of the molecule is O=C1NCC(F)C(c2ccc(Cl)c(F)c2)O1. The zero-order valence-corrected chi connectivity index (χ0v) is 8.80. The molecule has 1 amide bonds. The highest BCUT2D eigenvalue weighted by atomic mass is 35.5. The topological polar surface area (TPSA) is 38.3 Å². The van der Waals surface area contributed by atoms with Crippen molar-refractivity contribution in [3.8, 4) is 0 Å². The van der Waals surface area contributed by atoms with Gasteiger partial charge in [-0.2, -0.15) is 0 Å². The molecule has 0 aliphatic carbocycles. The number of ether oxygens (including phenoxy) is 1. The second-order valence-corrected chi connectivity index (χ2v) is 3.80. The van der Waals surface area contributed by atoms with Crippen molar-refractivity contribution < 1.29 is 18.3 Å². The number of alkyl carbamates (subject to hydrolysis) is 1. The highest BCUT2D eigenvalue weighted by Crippen LogP contribution is 2.28. The van der Waals surface area contributed by atoms with Crippen LogP contribution in [0.1, 0.15) is 11.7 Å². The number of carbonyl (C=O) groups is 1. The van der Waals surface area contributed by atoms with Crippen molar-refractivity contribution in [2.24, 2.45) is 0 Å². The first-order chi connectivity index (χ1) is 7.58. The molecule has 0 saturated carbocycles. The molecule has 1 fully saturated rings. The van der Waals surface area contributed by atoms with Gasteiger partial charge in [0.15, 0.2) is 12.3 Å². The zero-order chi connectivity index (χ0) is 11.7. The van der Waals surface area contributed by atoms with Gasteiger partial charge in [-0.1, -0.05) is 17.7 Å². The number of cyclic esters (lactones) is 1. The summed E-state index contributed by atoms with van der Waals surface area (Å²) in [6.45, 7) is -0.145. The maximum absolute atomic E-state index is 13.4. The Morgan fingerprint density at radius 3 is 2.94 bits per heavy atom. The van der Waals surface area contributed by atoms with Crippen LogP contribution in [0.25, 0.3) is 0 Å². The summed E-state index contributed by atoms with van der Waals surface area (Å²) in [6.07, 6.45) is -3.20. The normalized spacial score (nSPS) is 24.8. The van der Waals surface area contributed by atoms with Gasteiger partial charge in [-0.15, -0.1) is 0 Å². The third-order valence-electron chi connectivity index (χ3n) is 2.28. The van der Waals surface area contributed by atoms with E-state index >= 15 is 0 Å². The summed E-state index contributed by atoms with van der Waals surface area (Å²) in [7, 11) is 0. The van der Waals surface area contributed by atoms with Crippen LogP contribution >= 0.6 is 11.6 Å². The van der Waals surface area contributed by atoms with Crippen molar-refractivity contribution in [2.75, 3.05) is 6.54 Å². The molecule has 1 aliphatic rings. The summed E-state index contributed by atoms with van der Waals surface area (Å²) in [6, 6.07) is 3.80. The van der Waals surface area contributed by atoms with Gasteiger partial charge in [-0.05, 0) is 17.7 Å². The van der Waals surface area contributed by atoms with Crippen LogP contribution in [0.2, 0.25) is 5.02 Å². The van der Waals surface area contributed by atoms with Crippen molar-refractivity contribution in [1.82, 2.24) is 5.32 Å². The molecule has 0 radical (unpaired) electrons. The number of rotatable bonds is 1. The standard InChI is InChI=1S/C10H8ClF2NO2/c11-6-2-1-5(3-7(6)12)9-8(13)4-14-10(15)16-9/h1-3,8-9H,4H2,(H,14,15). The Morgan fingerprint density at radius 2 is 2.25 bits per heavy atom. The summed E-state index contributed by atoms with van der Waals surface area (Å²) in [5.74, 6) is -0.666. The molecule has 1 aliphatic heterocycles. The highest BCUT2D eigenvalue weighted by molar-refractivity contribution is 6.30. The molecular formula is C10H8ClF2NO2. The molecule has 2 rings (SSSR count). The van der Waals surface area contributed by atoms with Gasteiger partial charge in [0, 0.05) is 0 Å². The van der Waals surface area contributed by atoms with Crippen LogP contribution in [0.15, 0.2) is 18.2 Å². The number of alkyl halides is 1. The van der Waals surface area contributed by atoms with Crippen LogP contribution in [0.3, 0.4) is 0 Å². The van der Waals surface area contributed by atoms with Gasteiger partial charge >= 0.3 is 6.09 Å². The van der Waals surface area contributed by atoms with Crippen LogP contribution in [0.5, 0.6) is 0 Å². The fraction of sp³-hybridized carbons (Fsp3) is 0.300. The molecule has 1 N–H and O–H groups in total. The van der Waals surface area contributed by atoms with E-state index in [0.717, 1.165) is 6.07 Å². The second kappa shape index (κ2) is 4.25. The van der Waals surface area contributed by atoms with Gasteiger partial charge in [-0.25, -0.2) is 13.6 Å². The average Bonchev–Trinajstić information content (AvgIpc) is 2.26. The molecule has 1 heterocycles. The predicted molar refractivity (Wildman–Crippen MR) is 53.5 cm³/mol. The minimum Gasteiger partial charge on any atom is -0.438 e. The first kappa shape index (κ1) is 11.1. The molecule has 1 saturated heterocycles. The lowest BCUT2D eigenvalue weighted by Gasteiger charge is -2.26. The Bertz CT molecular complexity index is 427. The van der Waals surface area contributed by atoms with E-state index in [2.05, 4.69) is 5.32 Å².